The summed E-state index contributed by atoms with van der Waals surface area (Å²) in [4.78, 5) is -0.602. The molecule has 0 saturated carbocycles. The van der Waals surface area contributed by atoms with E-state index in [9.17, 15) is 17.4 Å². The van der Waals surface area contributed by atoms with Gasteiger partial charge in [-0.05, 0) is 32.4 Å². The molecule has 0 aromatic heterocycles. The van der Waals surface area contributed by atoms with Gasteiger partial charge in [0.1, 0.15) is 0 Å². The Hall–Kier alpha value is -1.01. The maximum absolute atomic E-state index is 14.8. The number of hydrogen-bond donors (Lipinski definition) is 0. The second-order valence-electron chi connectivity index (χ2n) is 4.61. The van der Waals surface area contributed by atoms with Gasteiger partial charge in [-0.25, -0.2) is 8.42 Å². The Labute approximate surface area is 137 Å². The van der Waals surface area contributed by atoms with Gasteiger partial charge in [-0.1, -0.05) is 31.5 Å². The van der Waals surface area contributed by atoms with Crippen molar-refractivity contribution in [1.29, 1.82) is 0 Å². The SMILES string of the molecule is CCC/C(=C(\F)P(=O)(OCC)OCC)S(=O)(=O)c1ccccc1. The van der Waals surface area contributed by atoms with Crippen molar-refractivity contribution in [3.8, 4) is 0 Å². The molecule has 0 amide bonds. The molecular formula is C15H22FO5PS. The van der Waals surface area contributed by atoms with Gasteiger partial charge in [0.25, 0.3) is 0 Å². The quantitative estimate of drug-likeness (QED) is 0.596. The zero-order valence-electron chi connectivity index (χ0n) is 13.5. The molecule has 0 atom stereocenters. The number of benzene rings is 1. The average Bonchev–Trinajstić information content (AvgIpc) is 2.53. The third-order valence-electron chi connectivity index (χ3n) is 2.92. The van der Waals surface area contributed by atoms with E-state index in [2.05, 4.69) is 0 Å². The summed E-state index contributed by atoms with van der Waals surface area (Å²) in [6.07, 6.45) is 0.278. The minimum atomic E-state index is -4.28. The highest BCUT2D eigenvalue weighted by molar-refractivity contribution is 7.95. The van der Waals surface area contributed by atoms with Crippen LogP contribution in [-0.2, 0) is 23.4 Å². The van der Waals surface area contributed by atoms with Crippen LogP contribution >= 0.6 is 7.60 Å². The van der Waals surface area contributed by atoms with Crippen LogP contribution in [0.15, 0.2) is 45.7 Å². The topological polar surface area (TPSA) is 69.7 Å². The molecule has 1 aromatic rings. The fourth-order valence-electron chi connectivity index (χ4n) is 1.96. The average molecular weight is 364 g/mol. The van der Waals surface area contributed by atoms with Crippen molar-refractivity contribution in [2.24, 2.45) is 0 Å². The molecule has 23 heavy (non-hydrogen) atoms. The molecule has 5 nitrogen and oxygen atoms in total. The lowest BCUT2D eigenvalue weighted by Gasteiger charge is -2.18. The van der Waals surface area contributed by atoms with Crippen molar-refractivity contribution in [2.45, 2.75) is 38.5 Å². The smallest absolute Gasteiger partial charge is 0.304 e. The molecule has 0 aliphatic carbocycles. The molecule has 0 radical (unpaired) electrons. The van der Waals surface area contributed by atoms with Gasteiger partial charge in [0.2, 0.25) is 15.4 Å². The molecule has 0 aliphatic heterocycles. The molecule has 1 rings (SSSR count). The fraction of sp³-hybridized carbons (Fsp3) is 0.467. The molecule has 130 valence electrons. The lowest BCUT2D eigenvalue weighted by molar-refractivity contribution is 0.219. The van der Waals surface area contributed by atoms with E-state index in [0.717, 1.165) is 0 Å². The largest absolute Gasteiger partial charge is 0.390 e. The van der Waals surface area contributed by atoms with Crippen LogP contribution in [0, 0.1) is 0 Å². The van der Waals surface area contributed by atoms with Crippen LogP contribution in [0.25, 0.3) is 0 Å². The normalized spacial score (nSPS) is 13.7. The molecule has 0 saturated heterocycles. The number of hydrogen-bond acceptors (Lipinski definition) is 5. The zero-order chi connectivity index (χ0) is 17.5. The van der Waals surface area contributed by atoms with E-state index >= 15 is 0 Å². The first-order chi connectivity index (χ1) is 10.8. The number of allylic oxidation sites excluding steroid dienone is 1. The van der Waals surface area contributed by atoms with E-state index in [1.165, 1.54) is 26.0 Å². The summed E-state index contributed by atoms with van der Waals surface area (Å²) in [5, 5.41) is 0. The highest BCUT2D eigenvalue weighted by Crippen LogP contribution is 2.59. The third-order valence-corrected chi connectivity index (χ3v) is 6.95. The molecule has 0 unspecified atom stereocenters. The van der Waals surface area contributed by atoms with Crippen molar-refractivity contribution >= 4 is 17.4 Å². The van der Waals surface area contributed by atoms with E-state index in [1.807, 2.05) is 0 Å². The van der Waals surface area contributed by atoms with Crippen LogP contribution < -0.4 is 0 Å². The maximum Gasteiger partial charge on any atom is 0.390 e. The van der Waals surface area contributed by atoms with Gasteiger partial charge in [0.05, 0.1) is 23.0 Å². The highest BCUT2D eigenvalue weighted by Gasteiger charge is 2.37. The number of halogens is 1. The molecule has 0 bridgehead atoms. The van der Waals surface area contributed by atoms with Crippen LogP contribution in [0.4, 0.5) is 4.39 Å². The molecule has 0 spiro atoms. The predicted octanol–water partition coefficient (Wildman–Crippen LogP) is 4.67. The summed E-state index contributed by atoms with van der Waals surface area (Å²) in [7, 11) is -8.39. The summed E-state index contributed by atoms with van der Waals surface area (Å²) in [6, 6.07) is 7.47. The standard InChI is InChI=1S/C15H22FO5PS/c1-4-10-14(15(16)22(17,20-5-2)21-6-3)23(18,19)13-11-8-7-9-12-13/h7-9,11-12H,4-6,10H2,1-3H3/b15-14-. The Kier molecular flexibility index (Phi) is 7.61. The van der Waals surface area contributed by atoms with E-state index in [1.54, 1.807) is 25.1 Å². The monoisotopic (exact) mass is 364 g/mol. The lowest BCUT2D eigenvalue weighted by atomic mass is 10.3. The van der Waals surface area contributed by atoms with Crippen molar-refractivity contribution in [3.05, 3.63) is 40.8 Å². The summed E-state index contributed by atoms with van der Waals surface area (Å²) in [6.45, 7) is 4.65. The van der Waals surface area contributed by atoms with Gasteiger partial charge in [-0.2, -0.15) is 4.39 Å². The Balaban J connectivity index is 3.52. The second-order valence-corrected chi connectivity index (χ2v) is 8.49. The van der Waals surface area contributed by atoms with Crippen LogP contribution in [0.2, 0.25) is 0 Å². The van der Waals surface area contributed by atoms with Crippen LogP contribution in [0.1, 0.15) is 33.6 Å². The second kappa shape index (κ2) is 8.73. The summed E-state index contributed by atoms with van der Waals surface area (Å²) >= 11 is 0. The van der Waals surface area contributed by atoms with Gasteiger partial charge >= 0.3 is 7.60 Å². The minimum Gasteiger partial charge on any atom is -0.304 e. The Morgan fingerprint density at radius 2 is 1.61 bits per heavy atom. The van der Waals surface area contributed by atoms with Crippen LogP contribution in [0.3, 0.4) is 0 Å². The van der Waals surface area contributed by atoms with E-state index in [4.69, 9.17) is 9.05 Å². The minimum absolute atomic E-state index is 0.0573. The van der Waals surface area contributed by atoms with E-state index in [-0.39, 0.29) is 24.5 Å². The number of rotatable bonds is 9. The first-order valence-corrected chi connectivity index (χ1v) is 10.4. The van der Waals surface area contributed by atoms with Gasteiger partial charge in [-0.3, -0.25) is 4.57 Å². The summed E-state index contributed by atoms with van der Waals surface area (Å²) in [5.41, 5.74) is -1.33. The molecular weight excluding hydrogens is 342 g/mol. The number of sulfone groups is 1. The van der Waals surface area contributed by atoms with Crippen LogP contribution in [0.5, 0.6) is 0 Å². The molecule has 0 heterocycles. The van der Waals surface area contributed by atoms with Gasteiger partial charge in [-0.15, -0.1) is 0 Å². The summed E-state index contributed by atoms with van der Waals surface area (Å²) < 4.78 is 62.6. The van der Waals surface area contributed by atoms with Gasteiger partial charge < -0.3 is 9.05 Å². The lowest BCUT2D eigenvalue weighted by Crippen LogP contribution is -2.09. The first-order valence-electron chi connectivity index (χ1n) is 7.41. The molecule has 0 N–H and O–H groups in total. The van der Waals surface area contributed by atoms with Crippen molar-refractivity contribution < 1.29 is 26.4 Å². The van der Waals surface area contributed by atoms with Gasteiger partial charge in [0, 0.05) is 0 Å². The Morgan fingerprint density at radius 3 is 2.04 bits per heavy atom. The first kappa shape index (κ1) is 20.0. The predicted molar refractivity (Wildman–Crippen MR) is 87.5 cm³/mol. The van der Waals surface area contributed by atoms with E-state index < -0.39 is 27.9 Å². The van der Waals surface area contributed by atoms with Crippen molar-refractivity contribution in [2.75, 3.05) is 13.2 Å². The third kappa shape index (κ3) is 4.73. The molecule has 8 heteroatoms. The van der Waals surface area contributed by atoms with E-state index in [0.29, 0.717) is 6.42 Å². The molecule has 1 aromatic carbocycles. The van der Waals surface area contributed by atoms with Gasteiger partial charge in [0.15, 0.2) is 0 Å². The Morgan fingerprint density at radius 1 is 1.09 bits per heavy atom. The highest BCUT2D eigenvalue weighted by atomic mass is 32.2. The van der Waals surface area contributed by atoms with Crippen molar-refractivity contribution in [1.82, 2.24) is 0 Å². The Bertz CT molecular complexity index is 675. The van der Waals surface area contributed by atoms with Crippen molar-refractivity contribution in [3.63, 3.8) is 0 Å². The zero-order valence-corrected chi connectivity index (χ0v) is 15.2. The molecule has 0 aliphatic rings. The molecule has 0 fully saturated rings. The van der Waals surface area contributed by atoms with Crippen LogP contribution in [-0.4, -0.2) is 21.6 Å². The fourth-order valence-corrected chi connectivity index (χ4v) is 5.55. The maximum atomic E-state index is 14.8. The summed E-state index contributed by atoms with van der Waals surface area (Å²) in [5.74, 6) is 0.